The molecular formula is C15H13FN2OS. The third kappa shape index (κ3) is 2.83. The zero-order valence-electron chi connectivity index (χ0n) is 10.8. The Labute approximate surface area is 121 Å². The second-order valence-electron chi connectivity index (χ2n) is 4.26. The van der Waals surface area contributed by atoms with E-state index in [1.807, 2.05) is 0 Å². The third-order valence-electron chi connectivity index (χ3n) is 2.91. The van der Waals surface area contributed by atoms with Crippen LogP contribution in [0, 0.1) is 5.82 Å². The number of carbonyl (C=O) groups is 1. The number of amides is 1. The first-order valence-corrected chi connectivity index (χ1v) is 6.34. The molecule has 20 heavy (non-hydrogen) atoms. The fourth-order valence-electron chi connectivity index (χ4n) is 1.83. The van der Waals surface area contributed by atoms with Gasteiger partial charge < -0.3 is 10.6 Å². The molecule has 0 spiro atoms. The lowest BCUT2D eigenvalue weighted by molar-refractivity contribution is 0.0992. The molecule has 1 amide bonds. The molecule has 0 fully saturated rings. The zero-order valence-corrected chi connectivity index (χ0v) is 11.7. The average molecular weight is 288 g/mol. The molecule has 2 N–H and O–H groups in total. The van der Waals surface area contributed by atoms with Crippen molar-refractivity contribution in [3.63, 3.8) is 0 Å². The minimum Gasteiger partial charge on any atom is -0.389 e. The number of para-hydroxylation sites is 1. The van der Waals surface area contributed by atoms with E-state index in [1.165, 1.54) is 18.0 Å². The smallest absolute Gasteiger partial charge is 0.258 e. The first kappa shape index (κ1) is 14.1. The highest BCUT2D eigenvalue weighted by Crippen LogP contribution is 2.19. The fraction of sp³-hybridized carbons (Fsp3) is 0.0667. The van der Waals surface area contributed by atoms with Gasteiger partial charge in [0.2, 0.25) is 0 Å². The maximum Gasteiger partial charge on any atom is 0.258 e. The summed E-state index contributed by atoms with van der Waals surface area (Å²) < 4.78 is 13.7. The summed E-state index contributed by atoms with van der Waals surface area (Å²) in [5.74, 6) is -0.776. The largest absolute Gasteiger partial charge is 0.389 e. The SMILES string of the molecule is CN(C(=O)c1cccc(C(N)=S)c1)c1ccccc1F. The number of rotatable bonds is 3. The van der Waals surface area contributed by atoms with Gasteiger partial charge >= 0.3 is 0 Å². The Morgan fingerprint density at radius 1 is 1.15 bits per heavy atom. The van der Waals surface area contributed by atoms with Crippen molar-refractivity contribution in [3.05, 3.63) is 65.5 Å². The van der Waals surface area contributed by atoms with Crippen LogP contribution in [0.1, 0.15) is 15.9 Å². The highest BCUT2D eigenvalue weighted by atomic mass is 32.1. The van der Waals surface area contributed by atoms with Crippen LogP contribution in [0.2, 0.25) is 0 Å². The molecular weight excluding hydrogens is 275 g/mol. The first-order valence-electron chi connectivity index (χ1n) is 5.93. The molecule has 0 aliphatic heterocycles. The second kappa shape index (κ2) is 5.79. The van der Waals surface area contributed by atoms with Gasteiger partial charge in [0.05, 0.1) is 5.69 Å². The molecule has 0 radical (unpaired) electrons. The molecule has 3 nitrogen and oxygen atoms in total. The number of hydrogen-bond acceptors (Lipinski definition) is 2. The van der Waals surface area contributed by atoms with Crippen molar-refractivity contribution in [3.8, 4) is 0 Å². The topological polar surface area (TPSA) is 46.3 Å². The van der Waals surface area contributed by atoms with E-state index in [9.17, 15) is 9.18 Å². The number of benzene rings is 2. The zero-order chi connectivity index (χ0) is 14.7. The number of nitrogens with two attached hydrogens (primary N) is 1. The Morgan fingerprint density at radius 2 is 1.80 bits per heavy atom. The van der Waals surface area contributed by atoms with Crippen molar-refractivity contribution in [2.24, 2.45) is 5.73 Å². The van der Waals surface area contributed by atoms with Crippen molar-refractivity contribution >= 4 is 28.8 Å². The Kier molecular flexibility index (Phi) is 4.10. The number of carbonyl (C=O) groups excluding carboxylic acids is 1. The van der Waals surface area contributed by atoms with Gasteiger partial charge in [-0.2, -0.15) is 0 Å². The van der Waals surface area contributed by atoms with Crippen molar-refractivity contribution in [2.45, 2.75) is 0 Å². The number of thiocarbonyl (C=S) groups is 1. The molecule has 0 heterocycles. The molecule has 102 valence electrons. The van der Waals surface area contributed by atoms with E-state index in [4.69, 9.17) is 18.0 Å². The Morgan fingerprint density at radius 3 is 2.45 bits per heavy atom. The van der Waals surface area contributed by atoms with Crippen LogP contribution in [0.3, 0.4) is 0 Å². The van der Waals surface area contributed by atoms with Gasteiger partial charge in [0, 0.05) is 18.2 Å². The van der Waals surface area contributed by atoms with Gasteiger partial charge in [0.1, 0.15) is 10.8 Å². The molecule has 0 saturated heterocycles. The monoisotopic (exact) mass is 288 g/mol. The Balaban J connectivity index is 2.34. The standard InChI is InChI=1S/C15H13FN2OS/c1-18(13-8-3-2-7-12(13)16)15(19)11-6-4-5-10(9-11)14(17)20/h2-9H,1H3,(H2,17,20). The molecule has 0 bridgehead atoms. The minimum absolute atomic E-state index is 0.216. The van der Waals surface area contributed by atoms with Gasteiger partial charge in [0.25, 0.3) is 5.91 Å². The minimum atomic E-state index is -0.450. The first-order chi connectivity index (χ1) is 9.50. The van der Waals surface area contributed by atoms with Gasteiger partial charge in [-0.3, -0.25) is 4.79 Å². The number of nitrogens with zero attached hydrogens (tertiary/aromatic N) is 1. The van der Waals surface area contributed by atoms with Crippen molar-refractivity contribution in [1.82, 2.24) is 0 Å². The Hall–Kier alpha value is -2.27. The van der Waals surface area contributed by atoms with Crippen LogP contribution in [0.25, 0.3) is 0 Å². The number of hydrogen-bond donors (Lipinski definition) is 1. The summed E-state index contributed by atoms with van der Waals surface area (Å²) in [4.78, 5) is 13.8. The van der Waals surface area contributed by atoms with E-state index < -0.39 is 5.82 Å². The predicted octanol–water partition coefficient (Wildman–Crippen LogP) is 2.74. The van der Waals surface area contributed by atoms with Gasteiger partial charge in [-0.25, -0.2) is 4.39 Å². The summed E-state index contributed by atoms with van der Waals surface area (Å²) in [6.45, 7) is 0. The molecule has 0 aliphatic rings. The number of anilines is 1. The molecule has 0 unspecified atom stereocenters. The van der Waals surface area contributed by atoms with E-state index >= 15 is 0 Å². The van der Waals surface area contributed by atoms with E-state index in [1.54, 1.807) is 42.5 Å². The van der Waals surface area contributed by atoms with Gasteiger partial charge in [-0.1, -0.05) is 36.5 Å². The average Bonchev–Trinajstić information content (AvgIpc) is 2.46. The molecule has 0 atom stereocenters. The second-order valence-corrected chi connectivity index (χ2v) is 4.70. The van der Waals surface area contributed by atoms with Crippen LogP contribution in [-0.4, -0.2) is 17.9 Å². The molecule has 2 aromatic carbocycles. The van der Waals surface area contributed by atoms with Gasteiger partial charge in [-0.15, -0.1) is 0 Å². The summed E-state index contributed by atoms with van der Waals surface area (Å²) in [7, 11) is 1.52. The lowest BCUT2D eigenvalue weighted by Crippen LogP contribution is -2.27. The van der Waals surface area contributed by atoms with Gasteiger partial charge in [0.15, 0.2) is 0 Å². The van der Waals surface area contributed by atoms with Gasteiger partial charge in [-0.05, 0) is 24.3 Å². The molecule has 5 heteroatoms. The molecule has 0 aromatic heterocycles. The summed E-state index contributed by atoms with van der Waals surface area (Å²) in [6, 6.07) is 12.8. The van der Waals surface area contributed by atoms with Crippen LogP contribution in [0.4, 0.5) is 10.1 Å². The van der Waals surface area contributed by atoms with Crippen molar-refractivity contribution in [2.75, 3.05) is 11.9 Å². The van der Waals surface area contributed by atoms with Crippen LogP contribution < -0.4 is 10.6 Å². The summed E-state index contributed by atoms with van der Waals surface area (Å²) in [5, 5.41) is 0. The molecule has 0 aliphatic carbocycles. The summed E-state index contributed by atoms with van der Waals surface area (Å²) >= 11 is 4.88. The highest BCUT2D eigenvalue weighted by molar-refractivity contribution is 7.80. The molecule has 2 rings (SSSR count). The van der Waals surface area contributed by atoms with E-state index in [2.05, 4.69) is 0 Å². The highest BCUT2D eigenvalue weighted by Gasteiger charge is 2.16. The van der Waals surface area contributed by atoms with Crippen LogP contribution in [-0.2, 0) is 0 Å². The maximum absolute atomic E-state index is 13.7. The van der Waals surface area contributed by atoms with Crippen LogP contribution in [0.15, 0.2) is 48.5 Å². The van der Waals surface area contributed by atoms with E-state index in [0.29, 0.717) is 11.1 Å². The van der Waals surface area contributed by atoms with E-state index in [-0.39, 0.29) is 16.6 Å². The summed E-state index contributed by atoms with van der Waals surface area (Å²) in [6.07, 6.45) is 0. The normalized spacial score (nSPS) is 10.1. The van der Waals surface area contributed by atoms with Crippen LogP contribution >= 0.6 is 12.2 Å². The van der Waals surface area contributed by atoms with Crippen molar-refractivity contribution in [1.29, 1.82) is 0 Å². The summed E-state index contributed by atoms with van der Waals surface area (Å²) in [5.41, 5.74) is 6.77. The third-order valence-corrected chi connectivity index (χ3v) is 3.15. The molecule has 0 saturated carbocycles. The number of halogens is 1. The van der Waals surface area contributed by atoms with Crippen LogP contribution in [0.5, 0.6) is 0 Å². The van der Waals surface area contributed by atoms with Crippen molar-refractivity contribution < 1.29 is 9.18 Å². The molecule has 2 aromatic rings. The quantitative estimate of drug-likeness (QED) is 0.883. The Bertz CT molecular complexity index is 672. The lowest BCUT2D eigenvalue weighted by Gasteiger charge is -2.18. The van der Waals surface area contributed by atoms with E-state index in [0.717, 1.165) is 0 Å². The lowest BCUT2D eigenvalue weighted by atomic mass is 10.1. The predicted molar refractivity (Wildman–Crippen MR) is 81.5 cm³/mol. The maximum atomic E-state index is 13.7. The fourth-order valence-corrected chi connectivity index (χ4v) is 1.96.